The first-order valence-corrected chi connectivity index (χ1v) is 7.57. The van der Waals surface area contributed by atoms with Crippen LogP contribution in [0.5, 0.6) is 5.75 Å². The number of carbonyl (C=O) groups excluding carboxylic acids is 1. The maximum Gasteiger partial charge on any atom is 0.340 e. The molecular weight excluding hydrogens is 324 g/mol. The van der Waals surface area contributed by atoms with E-state index < -0.39 is 22.9 Å². The van der Waals surface area contributed by atoms with Crippen LogP contribution in [0.2, 0.25) is 0 Å². The molecule has 128 valence electrons. The number of rotatable bonds is 4. The molecule has 2 atom stereocenters. The molecule has 0 saturated carbocycles. The largest absolute Gasteiger partial charge is 0.465 e. The number of benzene rings is 2. The number of carbonyl (C=O) groups is 1. The number of methoxy groups -OCH3 is 1. The molecule has 2 aromatic carbocycles. The molecule has 0 spiro atoms. The van der Waals surface area contributed by atoms with Crippen molar-refractivity contribution >= 4 is 5.97 Å². The van der Waals surface area contributed by atoms with E-state index in [4.69, 9.17) is 15.2 Å². The predicted octanol–water partition coefficient (Wildman–Crippen LogP) is 2.52. The summed E-state index contributed by atoms with van der Waals surface area (Å²) < 4.78 is 10.3. The molecule has 0 amide bonds. The SMILES string of the molecule is COC(=O)C1=C(N)Oc2ccccc2C1C(c1ccccc1)[N+](=O)[O-]. The number of para-hydroxylation sites is 1. The highest BCUT2D eigenvalue weighted by atomic mass is 16.6. The Hall–Kier alpha value is -3.35. The first-order chi connectivity index (χ1) is 12.0. The quantitative estimate of drug-likeness (QED) is 0.521. The van der Waals surface area contributed by atoms with E-state index in [9.17, 15) is 14.9 Å². The summed E-state index contributed by atoms with van der Waals surface area (Å²) in [5.74, 6) is -1.46. The topological polar surface area (TPSA) is 105 Å². The van der Waals surface area contributed by atoms with Crippen molar-refractivity contribution < 1.29 is 19.2 Å². The normalized spacial score (nSPS) is 17.2. The number of ether oxygens (including phenoxy) is 2. The lowest BCUT2D eigenvalue weighted by Gasteiger charge is -2.29. The van der Waals surface area contributed by atoms with Crippen molar-refractivity contribution in [3.8, 4) is 5.75 Å². The van der Waals surface area contributed by atoms with Crippen molar-refractivity contribution in [1.82, 2.24) is 0 Å². The average molecular weight is 340 g/mol. The van der Waals surface area contributed by atoms with Crippen LogP contribution in [-0.2, 0) is 9.53 Å². The second kappa shape index (κ2) is 6.64. The van der Waals surface area contributed by atoms with Gasteiger partial charge in [0.15, 0.2) is 0 Å². The van der Waals surface area contributed by atoms with Crippen LogP contribution in [-0.4, -0.2) is 18.0 Å². The third kappa shape index (κ3) is 2.91. The van der Waals surface area contributed by atoms with Crippen LogP contribution in [0.25, 0.3) is 0 Å². The lowest BCUT2D eigenvalue weighted by atomic mass is 9.80. The van der Waals surface area contributed by atoms with Crippen molar-refractivity contribution in [3.63, 3.8) is 0 Å². The molecule has 3 rings (SSSR count). The Morgan fingerprint density at radius 2 is 1.84 bits per heavy atom. The van der Waals surface area contributed by atoms with Gasteiger partial charge in [0.2, 0.25) is 11.9 Å². The van der Waals surface area contributed by atoms with Crippen molar-refractivity contribution in [1.29, 1.82) is 0 Å². The van der Waals surface area contributed by atoms with Crippen LogP contribution in [0.4, 0.5) is 0 Å². The second-order valence-corrected chi connectivity index (χ2v) is 5.53. The summed E-state index contributed by atoms with van der Waals surface area (Å²) in [5.41, 5.74) is 6.84. The molecule has 0 fully saturated rings. The van der Waals surface area contributed by atoms with E-state index in [2.05, 4.69) is 0 Å². The Balaban J connectivity index is 2.24. The molecule has 2 aromatic rings. The van der Waals surface area contributed by atoms with Gasteiger partial charge in [0.1, 0.15) is 11.3 Å². The molecule has 25 heavy (non-hydrogen) atoms. The Bertz CT molecular complexity index is 848. The van der Waals surface area contributed by atoms with Gasteiger partial charge in [-0.1, -0.05) is 48.5 Å². The molecule has 2 N–H and O–H groups in total. The van der Waals surface area contributed by atoms with Gasteiger partial charge in [-0.25, -0.2) is 4.79 Å². The van der Waals surface area contributed by atoms with Gasteiger partial charge in [0.25, 0.3) is 0 Å². The minimum absolute atomic E-state index is 0.0493. The predicted molar refractivity (Wildman–Crippen MR) is 89.2 cm³/mol. The molecule has 1 heterocycles. The maximum atomic E-state index is 12.3. The summed E-state index contributed by atoms with van der Waals surface area (Å²) in [6.07, 6.45) is 0. The minimum Gasteiger partial charge on any atom is -0.465 e. The zero-order valence-electron chi connectivity index (χ0n) is 13.4. The number of hydrogen-bond acceptors (Lipinski definition) is 6. The molecule has 7 nitrogen and oxygen atoms in total. The van der Waals surface area contributed by atoms with E-state index >= 15 is 0 Å². The fraction of sp³-hybridized carbons (Fsp3) is 0.167. The fourth-order valence-electron chi connectivity index (χ4n) is 3.06. The van der Waals surface area contributed by atoms with E-state index in [1.807, 2.05) is 0 Å². The van der Waals surface area contributed by atoms with E-state index in [0.29, 0.717) is 16.9 Å². The molecule has 0 aromatic heterocycles. The molecule has 1 aliphatic heterocycles. The van der Waals surface area contributed by atoms with Gasteiger partial charge < -0.3 is 15.2 Å². The van der Waals surface area contributed by atoms with Gasteiger partial charge in [-0.05, 0) is 6.07 Å². The van der Waals surface area contributed by atoms with Crippen LogP contribution < -0.4 is 10.5 Å². The molecule has 2 unspecified atom stereocenters. The first kappa shape index (κ1) is 16.5. The summed E-state index contributed by atoms with van der Waals surface area (Å²) >= 11 is 0. The smallest absolute Gasteiger partial charge is 0.340 e. The van der Waals surface area contributed by atoms with Gasteiger partial charge >= 0.3 is 5.97 Å². The van der Waals surface area contributed by atoms with Gasteiger partial charge in [-0.3, -0.25) is 10.1 Å². The van der Waals surface area contributed by atoms with Crippen molar-refractivity contribution in [3.05, 3.63) is 87.3 Å². The Kier molecular flexibility index (Phi) is 4.38. The van der Waals surface area contributed by atoms with E-state index in [1.165, 1.54) is 7.11 Å². The lowest BCUT2D eigenvalue weighted by molar-refractivity contribution is -0.532. The van der Waals surface area contributed by atoms with Gasteiger partial charge in [-0.15, -0.1) is 0 Å². The van der Waals surface area contributed by atoms with Crippen molar-refractivity contribution in [2.45, 2.75) is 12.0 Å². The summed E-state index contributed by atoms with van der Waals surface area (Å²) in [5, 5.41) is 11.9. The van der Waals surface area contributed by atoms with Crippen molar-refractivity contribution in [2.24, 2.45) is 5.73 Å². The minimum atomic E-state index is -1.21. The summed E-state index contributed by atoms with van der Waals surface area (Å²) in [6, 6.07) is 14.1. The standard InChI is InChI=1S/C18H16N2O5/c1-24-18(21)15-14(12-9-5-6-10-13(12)25-17(15)19)16(20(22)23)11-7-3-2-4-8-11/h2-10,14,16H,19H2,1H3. The highest BCUT2D eigenvalue weighted by molar-refractivity contribution is 5.91. The molecule has 1 aliphatic rings. The molecule has 0 aliphatic carbocycles. The number of nitrogens with two attached hydrogens (primary N) is 1. The third-order valence-corrected chi connectivity index (χ3v) is 4.14. The number of esters is 1. The van der Waals surface area contributed by atoms with E-state index in [-0.39, 0.29) is 11.5 Å². The highest BCUT2D eigenvalue weighted by Gasteiger charge is 2.45. The second-order valence-electron chi connectivity index (χ2n) is 5.53. The summed E-state index contributed by atoms with van der Waals surface area (Å²) in [6.45, 7) is 0. The first-order valence-electron chi connectivity index (χ1n) is 7.57. The third-order valence-electron chi connectivity index (χ3n) is 4.14. The highest BCUT2D eigenvalue weighted by Crippen LogP contribution is 2.46. The Labute approximate surface area is 143 Å². The van der Waals surface area contributed by atoms with Gasteiger partial charge in [0, 0.05) is 16.1 Å². The molecule has 0 bridgehead atoms. The molecule has 0 saturated heterocycles. The van der Waals surface area contributed by atoms with Crippen LogP contribution in [0, 0.1) is 10.1 Å². The average Bonchev–Trinajstić information content (AvgIpc) is 2.62. The van der Waals surface area contributed by atoms with Gasteiger partial charge in [0.05, 0.1) is 13.0 Å². The van der Waals surface area contributed by atoms with Crippen molar-refractivity contribution in [2.75, 3.05) is 7.11 Å². The zero-order valence-corrected chi connectivity index (χ0v) is 13.4. The molecule has 7 heteroatoms. The Morgan fingerprint density at radius 1 is 1.20 bits per heavy atom. The van der Waals surface area contributed by atoms with Crippen LogP contribution in [0.1, 0.15) is 23.1 Å². The van der Waals surface area contributed by atoms with Crippen LogP contribution in [0.15, 0.2) is 66.1 Å². The Morgan fingerprint density at radius 3 is 2.48 bits per heavy atom. The summed E-state index contributed by atoms with van der Waals surface area (Å²) in [7, 11) is 1.20. The molecular formula is C18H16N2O5. The number of nitro groups is 1. The maximum absolute atomic E-state index is 12.3. The molecule has 0 radical (unpaired) electrons. The summed E-state index contributed by atoms with van der Waals surface area (Å²) in [4.78, 5) is 23.8. The zero-order chi connectivity index (χ0) is 18.0. The number of fused-ring (bicyclic) bond motifs is 1. The lowest BCUT2D eigenvalue weighted by Crippen LogP contribution is -2.32. The number of hydrogen-bond donors (Lipinski definition) is 1. The number of nitrogens with zero attached hydrogens (tertiary/aromatic N) is 1. The monoisotopic (exact) mass is 340 g/mol. The van der Waals surface area contributed by atoms with Crippen LogP contribution >= 0.6 is 0 Å². The fourth-order valence-corrected chi connectivity index (χ4v) is 3.06. The van der Waals surface area contributed by atoms with E-state index in [1.54, 1.807) is 54.6 Å². The van der Waals surface area contributed by atoms with E-state index in [0.717, 1.165) is 0 Å². The van der Waals surface area contributed by atoms with Crippen LogP contribution in [0.3, 0.4) is 0 Å². The van der Waals surface area contributed by atoms with Gasteiger partial charge in [-0.2, -0.15) is 0 Å².